The van der Waals surface area contributed by atoms with Crippen LogP contribution in [-0.4, -0.2) is 42.6 Å². The van der Waals surface area contributed by atoms with Gasteiger partial charge in [0, 0.05) is 21.2 Å². The lowest BCUT2D eigenvalue weighted by Gasteiger charge is -2.35. The Balaban J connectivity index is 1.48. The lowest BCUT2D eigenvalue weighted by molar-refractivity contribution is 0.169. The molecule has 8 rings (SSSR count). The van der Waals surface area contributed by atoms with E-state index in [0.29, 0.717) is 49.4 Å². The second kappa shape index (κ2) is 16.1. The number of ether oxygens (including phenoxy) is 4. The van der Waals surface area contributed by atoms with E-state index in [2.05, 4.69) is 173 Å². The number of fused-ring (bicyclic) bond motifs is 2. The standard InChI is InChI=1S/C46H48O6P2Si2/c1-55(2,3)39-31-37-43(49-29-27-47-37)41(45(39)51-53(33-19-11-7-12-20-33)34-21-13-8-14-22-34)42-44-38(48-28-30-50-44)32-40(56(4,5)6)46(42)52-54(35-23-15-9-16-24-35)36-25-17-10-18-26-36/h7-26,31-32H,27-30H2,1-6H3. The van der Waals surface area contributed by atoms with E-state index < -0.39 is 32.4 Å². The molecular formula is C46H48O6P2Si2. The highest BCUT2D eigenvalue weighted by atomic mass is 31.1. The molecule has 0 aromatic heterocycles. The maximum atomic E-state index is 7.67. The number of rotatable bonds is 11. The van der Waals surface area contributed by atoms with Crippen LogP contribution in [0.15, 0.2) is 133 Å². The van der Waals surface area contributed by atoms with Crippen molar-refractivity contribution in [3.8, 4) is 45.6 Å². The maximum Gasteiger partial charge on any atom is 0.173 e. The predicted octanol–water partition coefficient (Wildman–Crippen LogP) is 8.84. The minimum atomic E-state index is -2.16. The monoisotopic (exact) mass is 814 g/mol. The molecule has 0 saturated heterocycles. The summed E-state index contributed by atoms with van der Waals surface area (Å²) in [5.41, 5.74) is 1.60. The van der Waals surface area contributed by atoms with Crippen molar-refractivity contribution in [3.05, 3.63) is 133 Å². The Morgan fingerprint density at radius 3 is 0.982 bits per heavy atom. The van der Waals surface area contributed by atoms with Crippen molar-refractivity contribution in [3.63, 3.8) is 0 Å². The number of hydrogen-bond donors (Lipinski definition) is 0. The second-order valence-electron chi connectivity index (χ2n) is 15.9. The second-order valence-corrected chi connectivity index (χ2v) is 29.6. The molecule has 0 saturated carbocycles. The lowest BCUT2D eigenvalue weighted by Crippen LogP contribution is -2.41. The molecule has 6 nitrogen and oxygen atoms in total. The molecule has 0 amide bonds. The third-order valence-electron chi connectivity index (χ3n) is 9.76. The normalized spacial score (nSPS) is 13.8. The lowest BCUT2D eigenvalue weighted by atomic mass is 9.99. The van der Waals surface area contributed by atoms with Gasteiger partial charge in [-0.25, -0.2) is 0 Å². The summed E-state index contributed by atoms with van der Waals surface area (Å²) in [7, 11) is -6.97. The Bertz CT molecular complexity index is 2050. The van der Waals surface area contributed by atoms with Gasteiger partial charge in [0.2, 0.25) is 0 Å². The van der Waals surface area contributed by atoms with Crippen molar-refractivity contribution in [2.45, 2.75) is 39.3 Å². The van der Waals surface area contributed by atoms with E-state index in [4.69, 9.17) is 28.0 Å². The molecule has 0 spiro atoms. The molecule has 0 unspecified atom stereocenters. The Morgan fingerprint density at radius 2 is 0.696 bits per heavy atom. The average Bonchev–Trinajstić information content (AvgIpc) is 3.22. The van der Waals surface area contributed by atoms with Crippen molar-refractivity contribution in [1.82, 2.24) is 0 Å². The summed E-state index contributed by atoms with van der Waals surface area (Å²) >= 11 is 0. The highest BCUT2D eigenvalue weighted by Gasteiger charge is 2.40. The van der Waals surface area contributed by atoms with E-state index in [-0.39, 0.29) is 0 Å². The Hall–Kier alpha value is -4.59. The number of benzene rings is 6. The van der Waals surface area contributed by atoms with Crippen LogP contribution >= 0.6 is 16.3 Å². The van der Waals surface area contributed by atoms with Gasteiger partial charge in [0.25, 0.3) is 0 Å². The Morgan fingerprint density at radius 1 is 0.411 bits per heavy atom. The van der Waals surface area contributed by atoms with Crippen LogP contribution in [0.2, 0.25) is 39.3 Å². The van der Waals surface area contributed by atoms with Gasteiger partial charge < -0.3 is 28.0 Å². The van der Waals surface area contributed by atoms with Crippen molar-refractivity contribution < 1.29 is 28.0 Å². The van der Waals surface area contributed by atoms with Crippen LogP contribution in [0.25, 0.3) is 11.1 Å². The van der Waals surface area contributed by atoms with E-state index in [9.17, 15) is 0 Å². The van der Waals surface area contributed by atoms with Gasteiger partial charge in [-0.05, 0) is 22.5 Å². The van der Waals surface area contributed by atoms with Gasteiger partial charge in [-0.2, -0.15) is 0 Å². The van der Waals surface area contributed by atoms with Crippen LogP contribution in [0, 0.1) is 0 Å². The molecule has 2 aliphatic heterocycles. The molecule has 0 aliphatic carbocycles. The third kappa shape index (κ3) is 7.86. The van der Waals surface area contributed by atoms with Gasteiger partial charge in [-0.15, -0.1) is 0 Å². The first kappa shape index (κ1) is 38.3. The molecule has 10 heteroatoms. The third-order valence-corrected chi connectivity index (χ3v) is 17.5. The Labute approximate surface area is 335 Å². The highest BCUT2D eigenvalue weighted by molar-refractivity contribution is 7.69. The molecule has 0 atom stereocenters. The summed E-state index contributed by atoms with van der Waals surface area (Å²) in [4.78, 5) is 0. The zero-order valence-electron chi connectivity index (χ0n) is 32.9. The molecule has 0 fully saturated rings. The summed E-state index contributed by atoms with van der Waals surface area (Å²) < 4.78 is 41.8. The van der Waals surface area contributed by atoms with Crippen molar-refractivity contribution in [2.75, 3.05) is 26.4 Å². The SMILES string of the molecule is C[Si](C)(C)c1cc2c(c(-c3c4c(cc([Si](C)(C)C)c3OP(c3ccccc3)c3ccccc3)OCCO4)c1OP(c1ccccc1)c1ccccc1)OCCO2. The van der Waals surface area contributed by atoms with E-state index in [1.165, 1.54) is 0 Å². The van der Waals surface area contributed by atoms with E-state index in [0.717, 1.165) is 54.2 Å². The fourth-order valence-corrected chi connectivity index (χ4v) is 13.6. The minimum absolute atomic E-state index is 0.405. The quantitative estimate of drug-likeness (QED) is 0.0964. The fraction of sp³-hybridized carbons (Fsp3) is 0.217. The molecule has 0 radical (unpaired) electrons. The first-order chi connectivity index (χ1) is 27.1. The molecule has 6 aromatic carbocycles. The molecular weight excluding hydrogens is 767 g/mol. The van der Waals surface area contributed by atoms with Crippen LogP contribution in [0.3, 0.4) is 0 Å². The zero-order chi connectivity index (χ0) is 38.9. The van der Waals surface area contributed by atoms with Crippen molar-refractivity contribution in [1.29, 1.82) is 0 Å². The molecule has 0 bridgehead atoms. The van der Waals surface area contributed by atoms with Crippen molar-refractivity contribution in [2.24, 2.45) is 0 Å². The molecule has 2 heterocycles. The minimum Gasteiger partial charge on any atom is -0.486 e. The molecule has 286 valence electrons. The molecule has 0 N–H and O–H groups in total. The van der Waals surface area contributed by atoms with E-state index in [1.54, 1.807) is 0 Å². The number of hydrogen-bond acceptors (Lipinski definition) is 6. The van der Waals surface area contributed by atoms with Gasteiger partial charge in [0.1, 0.15) is 37.9 Å². The first-order valence-electron chi connectivity index (χ1n) is 19.2. The summed E-state index contributed by atoms with van der Waals surface area (Å²) in [6.07, 6.45) is 0. The van der Waals surface area contributed by atoms with Gasteiger partial charge in [-0.1, -0.05) is 161 Å². The fourth-order valence-electron chi connectivity index (χ4n) is 7.04. The largest absolute Gasteiger partial charge is 0.486 e. The van der Waals surface area contributed by atoms with Gasteiger partial charge in [-0.3, -0.25) is 0 Å². The van der Waals surface area contributed by atoms with Crippen LogP contribution < -0.4 is 59.6 Å². The zero-order valence-corrected chi connectivity index (χ0v) is 36.7. The van der Waals surface area contributed by atoms with Gasteiger partial charge >= 0.3 is 0 Å². The highest BCUT2D eigenvalue weighted by Crippen LogP contribution is 2.58. The molecule has 56 heavy (non-hydrogen) atoms. The summed E-state index contributed by atoms with van der Waals surface area (Å²) in [5.74, 6) is 4.27. The summed E-state index contributed by atoms with van der Waals surface area (Å²) in [6, 6.07) is 46.6. The molecule has 6 aromatic rings. The summed E-state index contributed by atoms with van der Waals surface area (Å²) in [6.45, 7) is 15.9. The summed E-state index contributed by atoms with van der Waals surface area (Å²) in [5, 5.41) is 6.73. The average molecular weight is 815 g/mol. The van der Waals surface area contributed by atoms with E-state index in [1.807, 2.05) is 0 Å². The van der Waals surface area contributed by atoms with Crippen LogP contribution in [-0.2, 0) is 0 Å². The van der Waals surface area contributed by atoms with Crippen LogP contribution in [0.1, 0.15) is 0 Å². The van der Waals surface area contributed by atoms with Gasteiger partial charge in [0.15, 0.2) is 39.3 Å². The topological polar surface area (TPSA) is 55.4 Å². The predicted molar refractivity (Wildman–Crippen MR) is 239 cm³/mol. The van der Waals surface area contributed by atoms with Gasteiger partial charge in [0.05, 0.1) is 27.3 Å². The Kier molecular flexibility index (Phi) is 11.0. The van der Waals surface area contributed by atoms with Crippen molar-refractivity contribution >= 4 is 64.0 Å². The first-order valence-corrected chi connectivity index (χ1v) is 28.7. The van der Waals surface area contributed by atoms with E-state index >= 15 is 0 Å². The smallest absolute Gasteiger partial charge is 0.173 e. The molecule has 2 aliphatic rings. The maximum absolute atomic E-state index is 7.67. The van der Waals surface area contributed by atoms with Crippen LogP contribution in [0.5, 0.6) is 34.5 Å². The van der Waals surface area contributed by atoms with Crippen LogP contribution in [0.4, 0.5) is 0 Å².